The molecule has 2 aromatic carbocycles. The standard InChI is InChI=1S/C21H19NO6/c23-21(19-9-7-17(28-19)13-25-15-4-2-1-3-5-15)22-10-11-24-16-6-8-18-20(12-16)27-14-26-18/h1-9,12H,10-11,13-14H2,(H,22,23). The Morgan fingerprint density at radius 2 is 1.79 bits per heavy atom. The number of carbonyl (C=O) groups excluding carboxylic acids is 1. The number of fused-ring (bicyclic) bond motifs is 1. The Bertz CT molecular complexity index is 937. The lowest BCUT2D eigenvalue weighted by Crippen LogP contribution is -2.27. The second kappa shape index (κ2) is 8.39. The zero-order valence-corrected chi connectivity index (χ0v) is 15.1. The minimum absolute atomic E-state index is 0.219. The van der Waals surface area contributed by atoms with Gasteiger partial charge in [-0.2, -0.15) is 0 Å². The van der Waals surface area contributed by atoms with Gasteiger partial charge >= 0.3 is 0 Å². The number of furan rings is 1. The molecular formula is C21H19NO6. The van der Waals surface area contributed by atoms with E-state index in [1.807, 2.05) is 30.3 Å². The molecule has 1 aliphatic heterocycles. The molecule has 0 unspecified atom stereocenters. The Kier molecular flexibility index (Phi) is 5.33. The summed E-state index contributed by atoms with van der Waals surface area (Å²) in [6.07, 6.45) is 0. The molecule has 2 heterocycles. The van der Waals surface area contributed by atoms with Gasteiger partial charge in [0.05, 0.1) is 6.54 Å². The van der Waals surface area contributed by atoms with Gasteiger partial charge in [-0.05, 0) is 36.4 Å². The van der Waals surface area contributed by atoms with Gasteiger partial charge in [0.25, 0.3) is 5.91 Å². The van der Waals surface area contributed by atoms with Gasteiger partial charge in [-0.25, -0.2) is 0 Å². The lowest BCUT2D eigenvalue weighted by molar-refractivity contribution is 0.0915. The predicted molar refractivity (Wildman–Crippen MR) is 99.9 cm³/mol. The average Bonchev–Trinajstić information content (AvgIpc) is 3.39. The lowest BCUT2D eigenvalue weighted by Gasteiger charge is -2.07. The van der Waals surface area contributed by atoms with Gasteiger partial charge < -0.3 is 28.7 Å². The highest BCUT2D eigenvalue weighted by molar-refractivity contribution is 5.91. The summed E-state index contributed by atoms with van der Waals surface area (Å²) in [4.78, 5) is 12.2. The summed E-state index contributed by atoms with van der Waals surface area (Å²) in [5.74, 6) is 3.25. The highest BCUT2D eigenvalue weighted by Gasteiger charge is 2.14. The Hall–Kier alpha value is -3.61. The first-order chi connectivity index (χ1) is 13.8. The fraction of sp³-hybridized carbons (Fsp3) is 0.190. The van der Waals surface area contributed by atoms with Crippen LogP contribution in [0.15, 0.2) is 65.1 Å². The van der Waals surface area contributed by atoms with Crippen LogP contribution in [0.5, 0.6) is 23.0 Å². The van der Waals surface area contributed by atoms with Crippen LogP contribution in [-0.2, 0) is 6.61 Å². The number of hydrogen-bond donors (Lipinski definition) is 1. The Balaban J connectivity index is 1.20. The minimum atomic E-state index is -0.305. The van der Waals surface area contributed by atoms with Crippen LogP contribution in [0.25, 0.3) is 0 Å². The van der Waals surface area contributed by atoms with E-state index in [1.165, 1.54) is 0 Å². The Morgan fingerprint density at radius 3 is 2.68 bits per heavy atom. The van der Waals surface area contributed by atoms with Crippen LogP contribution < -0.4 is 24.3 Å². The van der Waals surface area contributed by atoms with Gasteiger partial charge in [-0.3, -0.25) is 4.79 Å². The second-order valence-electron chi connectivity index (χ2n) is 5.99. The van der Waals surface area contributed by atoms with E-state index in [9.17, 15) is 4.79 Å². The van der Waals surface area contributed by atoms with Crippen LogP contribution in [0.2, 0.25) is 0 Å². The summed E-state index contributed by atoms with van der Waals surface area (Å²) in [7, 11) is 0. The zero-order chi connectivity index (χ0) is 19.2. The Morgan fingerprint density at radius 1 is 0.929 bits per heavy atom. The molecule has 0 aliphatic carbocycles. The van der Waals surface area contributed by atoms with Gasteiger partial charge in [-0.15, -0.1) is 0 Å². The van der Waals surface area contributed by atoms with Crippen LogP contribution in [0, 0.1) is 0 Å². The van der Waals surface area contributed by atoms with Gasteiger partial charge in [0.2, 0.25) is 6.79 Å². The van der Waals surface area contributed by atoms with Crippen LogP contribution in [0.1, 0.15) is 16.3 Å². The number of para-hydroxylation sites is 1. The third-order valence-electron chi connectivity index (χ3n) is 4.01. The SMILES string of the molecule is O=C(NCCOc1ccc2c(c1)OCO2)c1ccc(COc2ccccc2)o1. The molecule has 144 valence electrons. The van der Waals surface area contributed by atoms with Gasteiger partial charge in [0.1, 0.15) is 30.5 Å². The van der Waals surface area contributed by atoms with E-state index in [-0.39, 0.29) is 25.1 Å². The first-order valence-corrected chi connectivity index (χ1v) is 8.85. The number of amides is 1. The van der Waals surface area contributed by atoms with E-state index in [4.69, 9.17) is 23.4 Å². The highest BCUT2D eigenvalue weighted by Crippen LogP contribution is 2.34. The van der Waals surface area contributed by atoms with Crippen molar-refractivity contribution in [2.45, 2.75) is 6.61 Å². The topological polar surface area (TPSA) is 79.2 Å². The highest BCUT2D eigenvalue weighted by atomic mass is 16.7. The summed E-state index contributed by atoms with van der Waals surface area (Å²) in [6.45, 7) is 1.13. The van der Waals surface area contributed by atoms with Crippen molar-refractivity contribution in [1.29, 1.82) is 0 Å². The maximum absolute atomic E-state index is 12.2. The maximum Gasteiger partial charge on any atom is 0.287 e. The molecule has 0 radical (unpaired) electrons. The van der Waals surface area contributed by atoms with E-state index >= 15 is 0 Å². The van der Waals surface area contributed by atoms with Gasteiger partial charge in [0, 0.05) is 6.07 Å². The maximum atomic E-state index is 12.2. The first-order valence-electron chi connectivity index (χ1n) is 8.85. The van der Waals surface area contributed by atoms with Crippen molar-refractivity contribution >= 4 is 5.91 Å². The summed E-state index contributed by atoms with van der Waals surface area (Å²) < 4.78 is 27.3. The third kappa shape index (κ3) is 4.37. The van der Waals surface area contributed by atoms with Crippen molar-refractivity contribution in [2.24, 2.45) is 0 Å². The number of rotatable bonds is 8. The number of carbonyl (C=O) groups is 1. The van der Waals surface area contributed by atoms with Crippen molar-refractivity contribution in [1.82, 2.24) is 5.32 Å². The normalized spacial score (nSPS) is 11.9. The molecule has 1 aliphatic rings. The molecule has 0 atom stereocenters. The number of hydrogen-bond acceptors (Lipinski definition) is 6. The van der Waals surface area contributed by atoms with E-state index in [1.54, 1.807) is 30.3 Å². The van der Waals surface area contributed by atoms with Crippen molar-refractivity contribution in [3.05, 3.63) is 72.2 Å². The molecule has 7 heteroatoms. The second-order valence-corrected chi connectivity index (χ2v) is 5.99. The number of benzene rings is 2. The molecule has 3 aromatic rings. The van der Waals surface area contributed by atoms with Gasteiger partial charge in [0.15, 0.2) is 17.3 Å². The molecule has 1 amide bonds. The molecule has 7 nitrogen and oxygen atoms in total. The summed E-state index contributed by atoms with van der Waals surface area (Å²) in [5, 5.41) is 2.75. The average molecular weight is 381 g/mol. The molecule has 0 saturated heterocycles. The molecule has 1 aromatic heterocycles. The molecule has 0 fully saturated rings. The van der Waals surface area contributed by atoms with Crippen molar-refractivity contribution in [3.63, 3.8) is 0 Å². The van der Waals surface area contributed by atoms with E-state index in [2.05, 4.69) is 5.32 Å². The van der Waals surface area contributed by atoms with Crippen LogP contribution in [-0.4, -0.2) is 25.9 Å². The molecule has 0 bridgehead atoms. The first kappa shape index (κ1) is 17.8. The molecule has 4 rings (SSSR count). The van der Waals surface area contributed by atoms with Crippen LogP contribution in [0.4, 0.5) is 0 Å². The molecule has 0 saturated carbocycles. The van der Waals surface area contributed by atoms with Crippen molar-refractivity contribution < 1.29 is 28.2 Å². The Labute approximate surface area is 161 Å². The van der Waals surface area contributed by atoms with Crippen molar-refractivity contribution in [3.8, 4) is 23.0 Å². The quantitative estimate of drug-likeness (QED) is 0.603. The van der Waals surface area contributed by atoms with Crippen LogP contribution in [0.3, 0.4) is 0 Å². The number of ether oxygens (including phenoxy) is 4. The monoisotopic (exact) mass is 381 g/mol. The molecule has 28 heavy (non-hydrogen) atoms. The zero-order valence-electron chi connectivity index (χ0n) is 15.1. The summed E-state index contributed by atoms with van der Waals surface area (Å²) in [5.41, 5.74) is 0. The third-order valence-corrected chi connectivity index (χ3v) is 4.01. The van der Waals surface area contributed by atoms with Crippen LogP contribution >= 0.6 is 0 Å². The minimum Gasteiger partial charge on any atom is -0.492 e. The van der Waals surface area contributed by atoms with Gasteiger partial charge in [-0.1, -0.05) is 18.2 Å². The summed E-state index contributed by atoms with van der Waals surface area (Å²) in [6, 6.07) is 18.1. The molecular weight excluding hydrogens is 362 g/mol. The largest absolute Gasteiger partial charge is 0.492 e. The van der Waals surface area contributed by atoms with E-state index < -0.39 is 0 Å². The smallest absolute Gasteiger partial charge is 0.287 e. The molecule has 0 spiro atoms. The fourth-order valence-electron chi connectivity index (χ4n) is 2.64. The van der Waals surface area contributed by atoms with Crippen molar-refractivity contribution in [2.75, 3.05) is 19.9 Å². The number of nitrogens with one attached hydrogen (secondary N) is 1. The predicted octanol–water partition coefficient (Wildman–Crippen LogP) is 3.40. The molecule has 1 N–H and O–H groups in total. The van der Waals surface area contributed by atoms with E-state index in [0.29, 0.717) is 36.2 Å². The fourth-order valence-corrected chi connectivity index (χ4v) is 2.64. The summed E-state index contributed by atoms with van der Waals surface area (Å²) >= 11 is 0. The van der Waals surface area contributed by atoms with E-state index in [0.717, 1.165) is 5.75 Å². The lowest BCUT2D eigenvalue weighted by atomic mass is 10.3.